The zero-order valence-electron chi connectivity index (χ0n) is 34.9. The maximum atomic E-state index is 4.50. The quantitative estimate of drug-likeness (QED) is 0.116. The Labute approximate surface area is 349 Å². The van der Waals surface area contributed by atoms with Crippen molar-refractivity contribution in [2.24, 2.45) is 0 Å². The van der Waals surface area contributed by atoms with Crippen LogP contribution in [0.3, 0.4) is 0 Å². The summed E-state index contributed by atoms with van der Waals surface area (Å²) < 4.78 is 2.53. The number of rotatable bonds is 11. The second-order valence-corrected chi connectivity index (χ2v) is 16.0. The van der Waals surface area contributed by atoms with E-state index in [1.165, 1.54) is 116 Å². The van der Waals surface area contributed by atoms with Gasteiger partial charge in [-0.1, -0.05) is 172 Å². The first-order chi connectivity index (χ1) is 28.9. The molecule has 0 amide bonds. The van der Waals surface area contributed by atoms with E-state index in [1.807, 2.05) is 0 Å². The lowest BCUT2D eigenvalue weighted by atomic mass is 9.82. The summed E-state index contributed by atoms with van der Waals surface area (Å²) in [5, 5.41) is 3.85. The molecule has 288 valence electrons. The van der Waals surface area contributed by atoms with Crippen molar-refractivity contribution in [1.82, 2.24) is 4.40 Å². The average Bonchev–Trinajstić information content (AvgIpc) is 3.78. The molecule has 0 N–H and O–H groups in total. The van der Waals surface area contributed by atoms with E-state index in [1.54, 1.807) is 0 Å². The number of fused-ring (bicyclic) bond motifs is 3. The summed E-state index contributed by atoms with van der Waals surface area (Å²) in [6, 6.07) is 55.5. The highest BCUT2D eigenvalue weighted by molar-refractivity contribution is 6.27. The molecule has 7 aromatic carbocycles. The van der Waals surface area contributed by atoms with Gasteiger partial charge in [-0.25, -0.2) is 0 Å². The fraction of sp³-hybridized carbons (Fsp3) is 0.138. The summed E-state index contributed by atoms with van der Waals surface area (Å²) >= 11 is 0. The molecule has 0 atom stereocenters. The van der Waals surface area contributed by atoms with E-state index in [-0.39, 0.29) is 0 Å². The third-order valence-electron chi connectivity index (χ3n) is 12.5. The molecule has 0 aliphatic heterocycles. The number of nitrogens with zero attached hydrogens (tertiary/aromatic N) is 1. The van der Waals surface area contributed by atoms with Crippen LogP contribution in [-0.2, 0) is 6.42 Å². The second-order valence-electron chi connectivity index (χ2n) is 16.0. The molecular weight excluding hydrogens is 711 g/mol. The van der Waals surface area contributed by atoms with Gasteiger partial charge in [0.2, 0.25) is 0 Å². The van der Waals surface area contributed by atoms with E-state index in [4.69, 9.17) is 0 Å². The summed E-state index contributed by atoms with van der Waals surface area (Å²) in [6.07, 6.45) is 9.70. The van der Waals surface area contributed by atoms with E-state index < -0.39 is 0 Å². The van der Waals surface area contributed by atoms with Crippen LogP contribution in [0.25, 0.3) is 83.9 Å². The molecule has 9 aromatic rings. The summed E-state index contributed by atoms with van der Waals surface area (Å²) in [7, 11) is 0. The molecule has 0 saturated carbocycles. The molecule has 0 radical (unpaired) electrons. The Morgan fingerprint density at radius 1 is 0.627 bits per heavy atom. The minimum Gasteiger partial charge on any atom is -0.308 e. The molecule has 59 heavy (non-hydrogen) atoms. The van der Waals surface area contributed by atoms with Crippen molar-refractivity contribution in [3.05, 3.63) is 209 Å². The van der Waals surface area contributed by atoms with Crippen LogP contribution in [0, 0.1) is 20.8 Å². The highest BCUT2D eigenvalue weighted by Crippen LogP contribution is 2.51. The van der Waals surface area contributed by atoms with E-state index in [0.717, 1.165) is 19.3 Å². The van der Waals surface area contributed by atoms with E-state index in [0.29, 0.717) is 0 Å². The summed E-state index contributed by atoms with van der Waals surface area (Å²) in [5.41, 5.74) is 23.0. The van der Waals surface area contributed by atoms with E-state index >= 15 is 0 Å². The predicted molar refractivity (Wildman–Crippen MR) is 257 cm³/mol. The Morgan fingerprint density at radius 2 is 1.27 bits per heavy atom. The van der Waals surface area contributed by atoms with Gasteiger partial charge in [0.15, 0.2) is 0 Å². The van der Waals surface area contributed by atoms with Gasteiger partial charge in [-0.15, -0.1) is 0 Å². The number of hydrogen-bond donors (Lipinski definition) is 0. The van der Waals surface area contributed by atoms with Gasteiger partial charge in [0.05, 0.1) is 16.7 Å². The molecular formula is C58H51N. The van der Waals surface area contributed by atoms with Crippen LogP contribution in [0.1, 0.15) is 71.3 Å². The maximum absolute atomic E-state index is 4.50. The van der Waals surface area contributed by atoms with Crippen LogP contribution < -0.4 is 0 Å². The van der Waals surface area contributed by atoms with Crippen molar-refractivity contribution in [2.45, 2.75) is 53.9 Å². The third-order valence-corrected chi connectivity index (χ3v) is 12.5. The number of hydrogen-bond acceptors (Lipinski definition) is 0. The van der Waals surface area contributed by atoms with Crippen LogP contribution in [-0.4, -0.2) is 4.40 Å². The highest BCUT2D eigenvalue weighted by atomic mass is 14.9. The van der Waals surface area contributed by atoms with Gasteiger partial charge in [0.25, 0.3) is 0 Å². The molecule has 0 aliphatic rings. The lowest BCUT2D eigenvalue weighted by molar-refractivity contribution is 0.973. The van der Waals surface area contributed by atoms with Gasteiger partial charge >= 0.3 is 0 Å². The monoisotopic (exact) mass is 761 g/mol. The van der Waals surface area contributed by atoms with Gasteiger partial charge in [-0.2, -0.15) is 0 Å². The van der Waals surface area contributed by atoms with Gasteiger partial charge < -0.3 is 4.40 Å². The first-order valence-corrected chi connectivity index (χ1v) is 21.1. The standard InChI is InChI=1S/C58H51N/c1-7-22-48(40(5)42-24-11-9-12-25-42)45-36-35-39(4)51(37-45)55-41(6)54(47-30-17-15-23-38(47)3)56-46(8-2)52(59-53-33-20-19-32-50(53)57(55)58(56)59)34-21-29-44-28-16-18-31-49(44)43-26-13-10-14-27-43/h8-21,23-28,30-37H,2,7,22,29H2,1,3-6H3/b34-21-,48-40-. The van der Waals surface area contributed by atoms with Gasteiger partial charge in [-0.05, 0) is 137 Å². The van der Waals surface area contributed by atoms with Gasteiger partial charge in [0.1, 0.15) is 0 Å². The Bertz CT molecular complexity index is 3060. The topological polar surface area (TPSA) is 4.41 Å². The average molecular weight is 762 g/mol. The molecule has 0 fully saturated rings. The Kier molecular flexibility index (Phi) is 10.2. The Balaban J connectivity index is 1.34. The van der Waals surface area contributed by atoms with Gasteiger partial charge in [0, 0.05) is 21.7 Å². The second kappa shape index (κ2) is 15.9. The molecule has 9 rings (SSSR count). The normalized spacial score (nSPS) is 12.3. The lowest BCUT2D eigenvalue weighted by Gasteiger charge is -2.21. The van der Waals surface area contributed by atoms with E-state index in [2.05, 4.69) is 215 Å². The minimum absolute atomic E-state index is 0.814. The van der Waals surface area contributed by atoms with Crippen LogP contribution in [0.15, 0.2) is 164 Å². The fourth-order valence-corrected chi connectivity index (χ4v) is 9.64. The van der Waals surface area contributed by atoms with Crippen molar-refractivity contribution in [3.63, 3.8) is 0 Å². The molecule has 1 nitrogen and oxygen atoms in total. The van der Waals surface area contributed by atoms with Crippen LogP contribution in [0.4, 0.5) is 0 Å². The number of para-hydroxylation sites is 1. The van der Waals surface area contributed by atoms with Crippen LogP contribution in [0.5, 0.6) is 0 Å². The maximum Gasteiger partial charge on any atom is 0.0633 e. The lowest BCUT2D eigenvalue weighted by Crippen LogP contribution is -1.97. The molecule has 0 saturated heterocycles. The zero-order chi connectivity index (χ0) is 40.6. The molecule has 0 aliphatic carbocycles. The Morgan fingerprint density at radius 3 is 2.02 bits per heavy atom. The van der Waals surface area contributed by atoms with Crippen molar-refractivity contribution in [3.8, 4) is 33.4 Å². The highest BCUT2D eigenvalue weighted by Gasteiger charge is 2.29. The Hall–Kier alpha value is -6.70. The van der Waals surface area contributed by atoms with Crippen LogP contribution in [0.2, 0.25) is 0 Å². The van der Waals surface area contributed by atoms with E-state index in [9.17, 15) is 0 Å². The first kappa shape index (κ1) is 37.9. The molecule has 0 unspecified atom stereocenters. The molecule has 2 aromatic heterocycles. The largest absolute Gasteiger partial charge is 0.308 e. The van der Waals surface area contributed by atoms with Crippen molar-refractivity contribution < 1.29 is 0 Å². The number of benzene rings is 7. The summed E-state index contributed by atoms with van der Waals surface area (Å²) in [6.45, 7) is 16.0. The SMILES string of the molecule is C=Cc1c(/C=C\Cc2ccccc2-c2ccccc2)n2c3ccccc3c3c(-c4cc(/C(CCC)=C(/C)c5ccccc5)ccc4C)c(C)c(-c4ccccc4C)c1c32. The predicted octanol–water partition coefficient (Wildman–Crippen LogP) is 16.2. The first-order valence-electron chi connectivity index (χ1n) is 21.1. The van der Waals surface area contributed by atoms with Crippen molar-refractivity contribution in [2.75, 3.05) is 0 Å². The molecule has 0 spiro atoms. The molecule has 2 heterocycles. The number of aryl methyl sites for hydroxylation is 2. The summed E-state index contributed by atoms with van der Waals surface area (Å²) in [5.74, 6) is 0. The number of allylic oxidation sites excluding steroid dienone is 3. The van der Waals surface area contributed by atoms with Gasteiger partial charge in [-0.3, -0.25) is 0 Å². The molecule has 1 heteroatoms. The van der Waals surface area contributed by atoms with Crippen molar-refractivity contribution >= 4 is 50.5 Å². The van der Waals surface area contributed by atoms with Crippen molar-refractivity contribution in [1.29, 1.82) is 0 Å². The summed E-state index contributed by atoms with van der Waals surface area (Å²) in [4.78, 5) is 0. The fourth-order valence-electron chi connectivity index (χ4n) is 9.64. The zero-order valence-corrected chi connectivity index (χ0v) is 34.9. The smallest absolute Gasteiger partial charge is 0.0633 e. The van der Waals surface area contributed by atoms with Crippen LogP contribution >= 0.6 is 0 Å². The molecule has 0 bridgehead atoms. The third kappa shape index (κ3) is 6.52. The minimum atomic E-state index is 0.814. The number of aromatic nitrogens is 1.